The molecule has 1 aromatic carbocycles. The van der Waals surface area contributed by atoms with Crippen molar-refractivity contribution in [1.29, 1.82) is 0 Å². The zero-order chi connectivity index (χ0) is 20.5. The predicted molar refractivity (Wildman–Crippen MR) is 131 cm³/mol. The summed E-state index contributed by atoms with van der Waals surface area (Å²) in [4.78, 5) is 0.391. The van der Waals surface area contributed by atoms with Gasteiger partial charge in [0.25, 0.3) is 0 Å². The van der Waals surface area contributed by atoms with Gasteiger partial charge in [0.1, 0.15) is 0 Å². The number of halogens is 2. The molecule has 2 atom stereocenters. The average molecular weight is 512 g/mol. The van der Waals surface area contributed by atoms with Crippen molar-refractivity contribution >= 4 is 37.9 Å². The van der Waals surface area contributed by atoms with Crippen molar-refractivity contribution in [3.05, 3.63) is 85.0 Å². The molecule has 0 saturated heterocycles. The van der Waals surface area contributed by atoms with E-state index in [1.165, 1.54) is 63.6 Å². The summed E-state index contributed by atoms with van der Waals surface area (Å²) in [6.45, 7) is 9.53. The Morgan fingerprint density at radius 2 is 1.76 bits per heavy atom. The largest absolute Gasteiger partial charge is 0.0790 e. The van der Waals surface area contributed by atoms with Gasteiger partial charge in [-0.05, 0) is 90.2 Å². The van der Waals surface area contributed by atoms with Gasteiger partial charge in [0.05, 0.1) is 4.83 Å². The van der Waals surface area contributed by atoms with E-state index in [1.54, 1.807) is 16.7 Å². The zero-order valence-corrected chi connectivity index (χ0v) is 20.9. The van der Waals surface area contributed by atoms with Gasteiger partial charge in [0.15, 0.2) is 0 Å². The third kappa shape index (κ3) is 2.89. The summed E-state index contributed by atoms with van der Waals surface area (Å²) in [7, 11) is 0. The summed E-state index contributed by atoms with van der Waals surface area (Å²) < 4.78 is 1.21. The molecule has 4 aliphatic rings. The minimum absolute atomic E-state index is 0.0280. The highest BCUT2D eigenvalue weighted by Crippen LogP contribution is 2.58. The molecule has 0 nitrogen and oxygen atoms in total. The third-order valence-electron chi connectivity index (χ3n) is 7.39. The summed E-state index contributed by atoms with van der Waals surface area (Å²) in [6.07, 6.45) is 12.5. The molecule has 0 fully saturated rings. The molecule has 0 radical (unpaired) electrons. The minimum atomic E-state index is 0.0280. The molecule has 0 heterocycles. The maximum Gasteiger partial charge on any atom is 0.0616 e. The highest BCUT2D eigenvalue weighted by atomic mass is 79.9. The molecule has 0 N–H and O–H groups in total. The van der Waals surface area contributed by atoms with Crippen LogP contribution in [0.2, 0.25) is 0 Å². The van der Waals surface area contributed by atoms with Crippen LogP contribution in [0.4, 0.5) is 0 Å². The van der Waals surface area contributed by atoms with Crippen LogP contribution in [0.5, 0.6) is 0 Å². The molecule has 29 heavy (non-hydrogen) atoms. The van der Waals surface area contributed by atoms with Crippen molar-refractivity contribution in [3.63, 3.8) is 0 Å². The molecule has 5 rings (SSSR count). The van der Waals surface area contributed by atoms with Crippen LogP contribution in [-0.2, 0) is 0 Å². The maximum atomic E-state index is 4.08. The lowest BCUT2D eigenvalue weighted by molar-refractivity contribution is 0.392. The first-order valence-electron chi connectivity index (χ1n) is 10.8. The van der Waals surface area contributed by atoms with Gasteiger partial charge < -0.3 is 0 Å². The van der Waals surface area contributed by atoms with Gasteiger partial charge in [-0.15, -0.1) is 0 Å². The van der Waals surface area contributed by atoms with E-state index in [4.69, 9.17) is 0 Å². The van der Waals surface area contributed by atoms with E-state index >= 15 is 0 Å². The van der Waals surface area contributed by atoms with Crippen molar-refractivity contribution in [2.24, 2.45) is 5.41 Å². The lowest BCUT2D eigenvalue weighted by atomic mass is 9.65. The van der Waals surface area contributed by atoms with Gasteiger partial charge in [-0.3, -0.25) is 0 Å². The molecule has 1 aromatic rings. The molecule has 0 aliphatic heterocycles. The summed E-state index contributed by atoms with van der Waals surface area (Å²) in [5, 5.41) is 0. The average Bonchev–Trinajstić information content (AvgIpc) is 3.20. The second-order valence-corrected chi connectivity index (χ2v) is 11.4. The van der Waals surface area contributed by atoms with Gasteiger partial charge in [-0.2, -0.15) is 0 Å². The quantitative estimate of drug-likeness (QED) is 0.348. The standard InChI is InChI=1S/C27H28Br2/c1-15-12-20-19(10-7-11-23(20)28)24(15)27(3,4)25-16(2)13-22-21(25)14-17-8-5-6-9-18(17)26(22)29/h7,10-14,24,26H,5-6,8-9H2,1-4H3. The van der Waals surface area contributed by atoms with E-state index in [9.17, 15) is 0 Å². The van der Waals surface area contributed by atoms with Crippen LogP contribution in [0.25, 0.3) is 6.08 Å². The summed E-state index contributed by atoms with van der Waals surface area (Å²) in [5.74, 6) is 0.407. The first-order chi connectivity index (χ1) is 13.8. The number of allylic oxidation sites excluding steroid dienone is 9. The highest BCUT2D eigenvalue weighted by Gasteiger charge is 2.44. The van der Waals surface area contributed by atoms with Crippen LogP contribution in [0.1, 0.15) is 70.4 Å². The van der Waals surface area contributed by atoms with E-state index in [-0.39, 0.29) is 5.41 Å². The first kappa shape index (κ1) is 19.8. The number of hydrogen-bond donors (Lipinski definition) is 0. The topological polar surface area (TPSA) is 0 Å². The molecule has 0 spiro atoms. The second-order valence-electron chi connectivity index (χ2n) is 9.62. The molecule has 2 heteroatoms. The Kier molecular flexibility index (Phi) is 4.75. The Morgan fingerprint density at radius 1 is 1.00 bits per heavy atom. The maximum absolute atomic E-state index is 4.08. The predicted octanol–water partition coefficient (Wildman–Crippen LogP) is 8.81. The Bertz CT molecular complexity index is 1070. The molecule has 0 saturated carbocycles. The molecular weight excluding hydrogens is 484 g/mol. The molecule has 0 bridgehead atoms. The van der Waals surface area contributed by atoms with E-state index in [0.717, 1.165) is 0 Å². The molecule has 4 aliphatic carbocycles. The second kappa shape index (κ2) is 6.95. The SMILES string of the molecule is CC1=Cc2c(Br)cccc2C1C(C)(C)C1=C(C)C=C2C1=CC1=C(CCCC1)C2Br. The summed E-state index contributed by atoms with van der Waals surface area (Å²) in [5.41, 5.74) is 13.5. The smallest absolute Gasteiger partial charge is 0.0616 e. The molecule has 0 aromatic heterocycles. The monoisotopic (exact) mass is 510 g/mol. The van der Waals surface area contributed by atoms with E-state index < -0.39 is 0 Å². The van der Waals surface area contributed by atoms with Gasteiger partial charge >= 0.3 is 0 Å². The summed E-state index contributed by atoms with van der Waals surface area (Å²) in [6, 6.07) is 6.67. The van der Waals surface area contributed by atoms with Gasteiger partial charge in [-0.25, -0.2) is 0 Å². The number of fused-ring (bicyclic) bond motifs is 2. The van der Waals surface area contributed by atoms with Crippen molar-refractivity contribution in [1.82, 2.24) is 0 Å². The minimum Gasteiger partial charge on any atom is -0.0790 e. The van der Waals surface area contributed by atoms with Gasteiger partial charge in [0.2, 0.25) is 0 Å². The van der Waals surface area contributed by atoms with Crippen molar-refractivity contribution in [2.75, 3.05) is 0 Å². The lowest BCUT2D eigenvalue weighted by Gasteiger charge is -2.39. The van der Waals surface area contributed by atoms with E-state index in [2.05, 4.69) is 96.0 Å². The van der Waals surface area contributed by atoms with Crippen LogP contribution in [0, 0.1) is 5.41 Å². The number of benzene rings is 1. The van der Waals surface area contributed by atoms with Crippen molar-refractivity contribution in [2.45, 2.75) is 64.1 Å². The van der Waals surface area contributed by atoms with Crippen molar-refractivity contribution < 1.29 is 0 Å². The zero-order valence-electron chi connectivity index (χ0n) is 17.7. The Balaban J connectivity index is 1.62. The third-order valence-corrected chi connectivity index (χ3v) is 9.13. The normalized spacial score (nSPS) is 26.1. The first-order valence-corrected chi connectivity index (χ1v) is 12.5. The molecule has 2 unspecified atom stereocenters. The number of hydrogen-bond acceptors (Lipinski definition) is 0. The fourth-order valence-electron chi connectivity index (χ4n) is 6.34. The van der Waals surface area contributed by atoms with Gasteiger partial charge in [0, 0.05) is 15.8 Å². The molecular formula is C27H28Br2. The van der Waals surface area contributed by atoms with Gasteiger partial charge in [-0.1, -0.05) is 81.6 Å². The molecule has 150 valence electrons. The van der Waals surface area contributed by atoms with Crippen LogP contribution in [-0.4, -0.2) is 4.83 Å². The van der Waals surface area contributed by atoms with Crippen LogP contribution in [0.15, 0.2) is 73.8 Å². The van der Waals surface area contributed by atoms with Crippen LogP contribution < -0.4 is 0 Å². The highest BCUT2D eigenvalue weighted by molar-refractivity contribution is 9.10. The van der Waals surface area contributed by atoms with Crippen LogP contribution >= 0.6 is 31.9 Å². The van der Waals surface area contributed by atoms with E-state index in [0.29, 0.717) is 10.7 Å². The Hall–Kier alpha value is -1.12. The fraction of sp³-hybridized carbons (Fsp3) is 0.407. The Labute approximate surface area is 191 Å². The lowest BCUT2D eigenvalue weighted by Crippen LogP contribution is -2.27. The van der Waals surface area contributed by atoms with Crippen molar-refractivity contribution in [3.8, 4) is 0 Å². The molecule has 0 amide bonds. The number of alkyl halides is 1. The summed E-state index contributed by atoms with van der Waals surface area (Å²) >= 11 is 7.85. The fourth-order valence-corrected chi connectivity index (χ4v) is 7.74. The Morgan fingerprint density at radius 3 is 2.55 bits per heavy atom. The van der Waals surface area contributed by atoms with Crippen LogP contribution in [0.3, 0.4) is 0 Å². The van der Waals surface area contributed by atoms with E-state index in [1.807, 2.05) is 0 Å². The number of rotatable bonds is 2.